The first-order valence-corrected chi connectivity index (χ1v) is 11.0. The van der Waals surface area contributed by atoms with Crippen molar-refractivity contribution in [2.24, 2.45) is 5.92 Å². The largest absolute Gasteiger partial charge is 0.490 e. The topological polar surface area (TPSA) is 58.9 Å². The second kappa shape index (κ2) is 7.75. The Balaban J connectivity index is 1.39. The highest BCUT2D eigenvalue weighted by Crippen LogP contribution is 2.44. The Morgan fingerprint density at radius 1 is 1.03 bits per heavy atom. The van der Waals surface area contributed by atoms with Crippen LogP contribution in [0.4, 0.5) is 0 Å². The van der Waals surface area contributed by atoms with Crippen molar-refractivity contribution in [1.29, 1.82) is 0 Å². The predicted molar refractivity (Wildman–Crippen MR) is 111 cm³/mol. The Kier molecular flexibility index (Phi) is 5.10. The van der Waals surface area contributed by atoms with Gasteiger partial charge in [0.1, 0.15) is 11.9 Å². The fourth-order valence-electron chi connectivity index (χ4n) is 4.94. The van der Waals surface area contributed by atoms with Crippen LogP contribution in [0.3, 0.4) is 0 Å². The lowest BCUT2D eigenvalue weighted by molar-refractivity contribution is -0.113. The average Bonchev–Trinajstić information content (AvgIpc) is 3.49. The highest BCUT2D eigenvalue weighted by atomic mass is 16.5. The number of fused-ring (bicyclic) bond motifs is 2. The molecule has 2 N–H and O–H groups in total. The van der Waals surface area contributed by atoms with E-state index in [9.17, 15) is 10.2 Å². The molecular weight excluding hydrogens is 364 g/mol. The first-order valence-electron chi connectivity index (χ1n) is 11.0. The first kappa shape index (κ1) is 19.1. The molecule has 154 valence electrons. The van der Waals surface area contributed by atoms with Crippen LogP contribution in [0.15, 0.2) is 36.4 Å². The van der Waals surface area contributed by atoms with E-state index in [1.54, 1.807) is 0 Å². The van der Waals surface area contributed by atoms with Gasteiger partial charge in [-0.15, -0.1) is 0 Å². The Morgan fingerprint density at radius 2 is 1.93 bits per heavy atom. The molecule has 2 heterocycles. The van der Waals surface area contributed by atoms with Crippen LogP contribution in [-0.4, -0.2) is 35.1 Å². The quantitative estimate of drug-likeness (QED) is 0.811. The minimum atomic E-state index is -0.424. The standard InChI is InChI=1S/C25H30O4/c1-2-16-4-5-17(25-13-21(27)12-22(14-26)28-25)9-18(16)7-15-3-6-23-19(8-15)10-20-11-24(20)29-23/h3-6,8-9,20-22,24-27H,2,7,10-14H2,1H3. The summed E-state index contributed by atoms with van der Waals surface area (Å²) in [6.45, 7) is 2.14. The maximum Gasteiger partial charge on any atom is 0.122 e. The van der Waals surface area contributed by atoms with Gasteiger partial charge in [0, 0.05) is 18.8 Å². The Labute approximate surface area is 172 Å². The fraction of sp³-hybridized carbons (Fsp3) is 0.520. The lowest BCUT2D eigenvalue weighted by atomic mass is 9.90. The molecule has 5 atom stereocenters. The van der Waals surface area contributed by atoms with Crippen molar-refractivity contribution in [3.8, 4) is 5.75 Å². The molecule has 2 aromatic rings. The summed E-state index contributed by atoms with van der Waals surface area (Å²) in [5.74, 6) is 1.79. The van der Waals surface area contributed by atoms with Gasteiger partial charge < -0.3 is 19.7 Å². The second-order valence-electron chi connectivity index (χ2n) is 8.91. The van der Waals surface area contributed by atoms with E-state index in [4.69, 9.17) is 9.47 Å². The van der Waals surface area contributed by atoms with Crippen molar-refractivity contribution in [3.05, 3.63) is 64.2 Å². The highest BCUT2D eigenvalue weighted by molar-refractivity contribution is 5.44. The van der Waals surface area contributed by atoms with Crippen LogP contribution < -0.4 is 4.74 Å². The van der Waals surface area contributed by atoms with Gasteiger partial charge >= 0.3 is 0 Å². The van der Waals surface area contributed by atoms with Crippen LogP contribution in [-0.2, 0) is 24.0 Å². The molecule has 29 heavy (non-hydrogen) atoms. The van der Waals surface area contributed by atoms with E-state index in [0.717, 1.165) is 36.5 Å². The number of aliphatic hydroxyl groups excluding tert-OH is 2. The van der Waals surface area contributed by atoms with Gasteiger partial charge in [0.2, 0.25) is 0 Å². The summed E-state index contributed by atoms with van der Waals surface area (Å²) in [7, 11) is 0. The van der Waals surface area contributed by atoms with E-state index in [2.05, 4.69) is 43.3 Å². The molecule has 4 nitrogen and oxygen atoms in total. The van der Waals surface area contributed by atoms with Gasteiger partial charge in [-0.2, -0.15) is 0 Å². The second-order valence-corrected chi connectivity index (χ2v) is 8.91. The minimum Gasteiger partial charge on any atom is -0.490 e. The third-order valence-electron chi connectivity index (χ3n) is 6.70. The van der Waals surface area contributed by atoms with Crippen molar-refractivity contribution in [1.82, 2.24) is 0 Å². The molecule has 0 spiro atoms. The zero-order valence-corrected chi connectivity index (χ0v) is 17.0. The van der Waals surface area contributed by atoms with Gasteiger partial charge in [-0.05, 0) is 59.6 Å². The maximum atomic E-state index is 10.2. The lowest BCUT2D eigenvalue weighted by Gasteiger charge is -2.33. The van der Waals surface area contributed by atoms with Crippen LogP contribution in [0.25, 0.3) is 0 Å². The molecule has 1 saturated carbocycles. The molecule has 5 rings (SSSR count). The van der Waals surface area contributed by atoms with Gasteiger partial charge in [0.25, 0.3) is 0 Å². The molecule has 3 aliphatic rings. The molecule has 0 bridgehead atoms. The van der Waals surface area contributed by atoms with Crippen LogP contribution in [0.1, 0.15) is 60.1 Å². The monoisotopic (exact) mass is 394 g/mol. The van der Waals surface area contributed by atoms with E-state index in [1.165, 1.54) is 28.7 Å². The zero-order chi connectivity index (χ0) is 20.0. The Morgan fingerprint density at radius 3 is 2.76 bits per heavy atom. The summed E-state index contributed by atoms with van der Waals surface area (Å²) in [5, 5.41) is 19.7. The van der Waals surface area contributed by atoms with Gasteiger partial charge in [0.15, 0.2) is 0 Å². The molecule has 2 fully saturated rings. The normalized spacial score (nSPS) is 30.2. The van der Waals surface area contributed by atoms with Crippen molar-refractivity contribution in [2.45, 2.75) is 69.9 Å². The number of benzene rings is 2. The summed E-state index contributed by atoms with van der Waals surface area (Å²) >= 11 is 0. The van der Waals surface area contributed by atoms with E-state index in [0.29, 0.717) is 18.9 Å². The third kappa shape index (κ3) is 3.94. The summed E-state index contributed by atoms with van der Waals surface area (Å²) in [4.78, 5) is 0. The first-order chi connectivity index (χ1) is 14.1. The van der Waals surface area contributed by atoms with Crippen molar-refractivity contribution >= 4 is 0 Å². The summed E-state index contributed by atoms with van der Waals surface area (Å²) in [6, 6.07) is 13.2. The van der Waals surface area contributed by atoms with Gasteiger partial charge in [-0.1, -0.05) is 37.3 Å². The van der Waals surface area contributed by atoms with Crippen LogP contribution in [0.5, 0.6) is 5.75 Å². The molecular formula is C25H30O4. The smallest absolute Gasteiger partial charge is 0.122 e. The van der Waals surface area contributed by atoms with Gasteiger partial charge in [0.05, 0.1) is 24.9 Å². The number of aliphatic hydroxyl groups is 2. The van der Waals surface area contributed by atoms with Crippen LogP contribution in [0.2, 0.25) is 0 Å². The van der Waals surface area contributed by atoms with Crippen LogP contribution >= 0.6 is 0 Å². The maximum absolute atomic E-state index is 10.2. The van der Waals surface area contributed by atoms with Gasteiger partial charge in [-0.25, -0.2) is 0 Å². The summed E-state index contributed by atoms with van der Waals surface area (Å²) in [6.07, 6.45) is 4.90. The molecule has 0 amide bonds. The summed E-state index contributed by atoms with van der Waals surface area (Å²) < 4.78 is 12.1. The SMILES string of the molecule is CCc1ccc(C2CC(O)CC(CO)O2)cc1Cc1ccc2c(c1)CC1CC1O2. The van der Waals surface area contributed by atoms with E-state index >= 15 is 0 Å². The molecule has 2 aliphatic heterocycles. The van der Waals surface area contributed by atoms with E-state index in [-0.39, 0.29) is 18.8 Å². The molecule has 1 saturated heterocycles. The highest BCUT2D eigenvalue weighted by Gasteiger charge is 2.43. The third-order valence-corrected chi connectivity index (χ3v) is 6.70. The molecule has 5 unspecified atom stereocenters. The van der Waals surface area contributed by atoms with Crippen molar-refractivity contribution in [2.75, 3.05) is 6.61 Å². The average molecular weight is 395 g/mol. The molecule has 2 aromatic carbocycles. The number of hydrogen-bond donors (Lipinski definition) is 2. The molecule has 0 aromatic heterocycles. The van der Waals surface area contributed by atoms with E-state index in [1.807, 2.05) is 0 Å². The molecule has 4 heteroatoms. The number of rotatable bonds is 5. The van der Waals surface area contributed by atoms with Crippen molar-refractivity contribution < 1.29 is 19.7 Å². The molecule has 1 aliphatic carbocycles. The fourth-order valence-corrected chi connectivity index (χ4v) is 4.94. The zero-order valence-electron chi connectivity index (χ0n) is 17.0. The number of aryl methyl sites for hydroxylation is 1. The lowest BCUT2D eigenvalue weighted by Crippen LogP contribution is -2.33. The molecule has 0 radical (unpaired) electrons. The predicted octanol–water partition coefficient (Wildman–Crippen LogP) is 3.74. The van der Waals surface area contributed by atoms with Crippen molar-refractivity contribution in [3.63, 3.8) is 0 Å². The van der Waals surface area contributed by atoms with E-state index < -0.39 is 6.10 Å². The minimum absolute atomic E-state index is 0.0491. The number of hydrogen-bond acceptors (Lipinski definition) is 4. The van der Waals surface area contributed by atoms with Crippen LogP contribution in [0, 0.1) is 5.92 Å². The summed E-state index contributed by atoms with van der Waals surface area (Å²) in [5.41, 5.74) is 6.42. The van der Waals surface area contributed by atoms with Gasteiger partial charge in [-0.3, -0.25) is 0 Å². The Bertz CT molecular complexity index is 892. The Hall–Kier alpha value is -1.88. The number of ether oxygens (including phenoxy) is 2.